The zero-order valence-corrected chi connectivity index (χ0v) is 13.5. The molecule has 0 aromatic carbocycles. The van der Waals surface area contributed by atoms with Crippen LogP contribution >= 0.6 is 0 Å². The monoisotopic (exact) mass is 316 g/mol. The maximum Gasteiger partial charge on any atom is 0.259 e. The summed E-state index contributed by atoms with van der Waals surface area (Å²) in [5.74, 6) is -0.00275. The molecule has 7 nitrogen and oxygen atoms in total. The fraction of sp³-hybridized carbons (Fsp3) is 0.500. The molecule has 1 N–H and O–H groups in total. The summed E-state index contributed by atoms with van der Waals surface area (Å²) in [5.41, 5.74) is 2.41. The fourth-order valence-electron chi connectivity index (χ4n) is 2.62. The van der Waals surface area contributed by atoms with Crippen LogP contribution in [0.4, 0.5) is 0 Å². The van der Waals surface area contributed by atoms with Gasteiger partial charge in [0.05, 0.1) is 23.2 Å². The van der Waals surface area contributed by atoms with Gasteiger partial charge in [-0.3, -0.25) is 9.59 Å². The molecule has 23 heavy (non-hydrogen) atoms. The van der Waals surface area contributed by atoms with Crippen LogP contribution in [0.2, 0.25) is 0 Å². The summed E-state index contributed by atoms with van der Waals surface area (Å²) >= 11 is 0. The van der Waals surface area contributed by atoms with Gasteiger partial charge in [-0.2, -0.15) is 0 Å². The molecule has 1 aliphatic rings. The number of hydrogen-bond acceptors (Lipinski definition) is 5. The third kappa shape index (κ3) is 2.91. The molecule has 0 atom stereocenters. The Labute approximate surface area is 134 Å². The minimum absolute atomic E-state index is 0.0265. The van der Waals surface area contributed by atoms with Crippen molar-refractivity contribution in [1.82, 2.24) is 20.4 Å². The summed E-state index contributed by atoms with van der Waals surface area (Å²) in [6.07, 6.45) is 2.16. The van der Waals surface area contributed by atoms with E-state index in [9.17, 15) is 9.59 Å². The van der Waals surface area contributed by atoms with Gasteiger partial charge >= 0.3 is 0 Å². The number of nitrogens with one attached hydrogen (secondary N) is 1. The summed E-state index contributed by atoms with van der Waals surface area (Å²) in [6.45, 7) is 4.11. The van der Waals surface area contributed by atoms with Gasteiger partial charge in [-0.05, 0) is 32.8 Å². The van der Waals surface area contributed by atoms with E-state index in [4.69, 9.17) is 4.52 Å². The standard InChI is InChI=1S/C16H20N4O3/c1-4-20(8-13(21)17-3)16(22)11-7-12(10-5-6-10)18-15-14(11)9(2)19-23-15/h7,10H,4-6,8H2,1-3H3,(H,17,21). The van der Waals surface area contributed by atoms with Crippen molar-refractivity contribution in [3.8, 4) is 0 Å². The van der Waals surface area contributed by atoms with E-state index in [2.05, 4.69) is 15.5 Å². The van der Waals surface area contributed by atoms with Crippen LogP contribution in [-0.4, -0.2) is 47.0 Å². The van der Waals surface area contributed by atoms with Gasteiger partial charge in [-0.25, -0.2) is 4.98 Å². The van der Waals surface area contributed by atoms with Crippen molar-refractivity contribution < 1.29 is 14.1 Å². The maximum absolute atomic E-state index is 12.9. The first-order valence-electron chi connectivity index (χ1n) is 7.82. The number of likely N-dealkylation sites (N-methyl/N-ethyl adjacent to an activating group) is 2. The molecule has 1 aliphatic carbocycles. The number of carbonyl (C=O) groups is 2. The van der Waals surface area contributed by atoms with Crippen LogP contribution in [-0.2, 0) is 4.79 Å². The quantitative estimate of drug-likeness (QED) is 0.905. The lowest BCUT2D eigenvalue weighted by molar-refractivity contribution is -0.121. The molecular weight excluding hydrogens is 296 g/mol. The Morgan fingerprint density at radius 1 is 1.43 bits per heavy atom. The van der Waals surface area contributed by atoms with Crippen molar-refractivity contribution >= 4 is 22.9 Å². The number of hydrogen-bond donors (Lipinski definition) is 1. The number of aryl methyl sites for hydroxylation is 1. The molecule has 0 aliphatic heterocycles. The van der Waals surface area contributed by atoms with Gasteiger partial charge in [0, 0.05) is 25.2 Å². The highest BCUT2D eigenvalue weighted by Crippen LogP contribution is 2.40. The predicted molar refractivity (Wildman–Crippen MR) is 84.2 cm³/mol. The van der Waals surface area contributed by atoms with Crippen molar-refractivity contribution in [2.24, 2.45) is 0 Å². The average Bonchev–Trinajstić information content (AvgIpc) is 3.35. The normalized spacial score (nSPS) is 14.0. The maximum atomic E-state index is 12.9. The van der Waals surface area contributed by atoms with E-state index in [1.807, 2.05) is 13.0 Å². The molecule has 0 spiro atoms. The molecule has 7 heteroatoms. The van der Waals surface area contributed by atoms with Gasteiger partial charge in [0.2, 0.25) is 5.91 Å². The molecule has 1 fully saturated rings. The predicted octanol–water partition coefficient (Wildman–Crippen LogP) is 1.62. The van der Waals surface area contributed by atoms with Crippen LogP contribution in [0.1, 0.15) is 47.4 Å². The van der Waals surface area contributed by atoms with E-state index in [1.54, 1.807) is 14.0 Å². The number of fused-ring (bicyclic) bond motifs is 1. The highest BCUT2D eigenvalue weighted by Gasteiger charge is 2.29. The van der Waals surface area contributed by atoms with Crippen molar-refractivity contribution in [3.05, 3.63) is 23.0 Å². The minimum Gasteiger partial charge on any atom is -0.358 e. The van der Waals surface area contributed by atoms with Crippen molar-refractivity contribution in [2.75, 3.05) is 20.1 Å². The second-order valence-electron chi connectivity index (χ2n) is 5.81. The summed E-state index contributed by atoms with van der Waals surface area (Å²) < 4.78 is 5.26. The number of carbonyl (C=O) groups excluding carboxylic acids is 2. The molecule has 3 rings (SSSR count). The first kappa shape index (κ1) is 15.5. The van der Waals surface area contributed by atoms with Crippen LogP contribution in [0, 0.1) is 6.92 Å². The van der Waals surface area contributed by atoms with Gasteiger partial charge < -0.3 is 14.7 Å². The van der Waals surface area contributed by atoms with Gasteiger partial charge in [-0.1, -0.05) is 5.16 Å². The average molecular weight is 316 g/mol. The molecule has 2 heterocycles. The molecule has 1 saturated carbocycles. The first-order valence-corrected chi connectivity index (χ1v) is 7.82. The van der Waals surface area contributed by atoms with Crippen LogP contribution in [0.25, 0.3) is 11.1 Å². The molecular formula is C16H20N4O3. The Morgan fingerprint density at radius 2 is 2.17 bits per heavy atom. The Morgan fingerprint density at radius 3 is 2.78 bits per heavy atom. The largest absolute Gasteiger partial charge is 0.358 e. The number of aromatic nitrogens is 2. The van der Waals surface area contributed by atoms with Crippen LogP contribution in [0.3, 0.4) is 0 Å². The fourth-order valence-corrected chi connectivity index (χ4v) is 2.62. The zero-order valence-electron chi connectivity index (χ0n) is 13.5. The Hall–Kier alpha value is -2.44. The molecule has 2 aromatic heterocycles. The number of amides is 2. The highest BCUT2D eigenvalue weighted by atomic mass is 16.5. The Kier molecular flexibility index (Phi) is 4.02. The van der Waals surface area contributed by atoms with Crippen LogP contribution in [0.15, 0.2) is 10.6 Å². The van der Waals surface area contributed by atoms with Gasteiger partial charge in [0.15, 0.2) is 0 Å². The van der Waals surface area contributed by atoms with Crippen molar-refractivity contribution in [3.63, 3.8) is 0 Å². The first-order chi connectivity index (χ1) is 11.0. The lowest BCUT2D eigenvalue weighted by Crippen LogP contribution is -2.39. The van der Waals surface area contributed by atoms with Crippen LogP contribution in [0.5, 0.6) is 0 Å². The summed E-state index contributed by atoms with van der Waals surface area (Å²) in [4.78, 5) is 30.6. The van der Waals surface area contributed by atoms with E-state index < -0.39 is 0 Å². The lowest BCUT2D eigenvalue weighted by atomic mass is 10.1. The molecule has 2 aromatic rings. The lowest BCUT2D eigenvalue weighted by Gasteiger charge is -2.20. The third-order valence-electron chi connectivity index (χ3n) is 4.15. The second-order valence-corrected chi connectivity index (χ2v) is 5.81. The summed E-state index contributed by atoms with van der Waals surface area (Å²) in [7, 11) is 1.56. The molecule has 122 valence electrons. The molecule has 0 bridgehead atoms. The molecule has 2 amide bonds. The topological polar surface area (TPSA) is 88.3 Å². The van der Waals surface area contributed by atoms with E-state index in [1.165, 1.54) is 4.90 Å². The van der Waals surface area contributed by atoms with E-state index in [-0.39, 0.29) is 18.4 Å². The number of nitrogens with zero attached hydrogens (tertiary/aromatic N) is 3. The Balaban J connectivity index is 2.03. The smallest absolute Gasteiger partial charge is 0.259 e. The summed E-state index contributed by atoms with van der Waals surface area (Å²) in [6, 6.07) is 1.83. The number of pyridine rings is 1. The van der Waals surface area contributed by atoms with Gasteiger partial charge in [0.1, 0.15) is 0 Å². The number of rotatable bonds is 5. The summed E-state index contributed by atoms with van der Waals surface area (Å²) in [5, 5.41) is 7.11. The van der Waals surface area contributed by atoms with E-state index in [0.717, 1.165) is 18.5 Å². The SMILES string of the molecule is CCN(CC(=O)NC)C(=O)c1cc(C2CC2)nc2onc(C)c12. The van der Waals surface area contributed by atoms with E-state index in [0.29, 0.717) is 34.8 Å². The minimum atomic E-state index is -0.199. The second kappa shape index (κ2) is 5.98. The zero-order chi connectivity index (χ0) is 16.6. The third-order valence-corrected chi connectivity index (χ3v) is 4.15. The van der Waals surface area contributed by atoms with Gasteiger partial charge in [0.25, 0.3) is 11.6 Å². The Bertz CT molecular complexity index is 764. The molecule has 0 unspecified atom stereocenters. The highest BCUT2D eigenvalue weighted by molar-refractivity contribution is 6.06. The molecule has 0 saturated heterocycles. The van der Waals surface area contributed by atoms with Crippen molar-refractivity contribution in [2.45, 2.75) is 32.6 Å². The van der Waals surface area contributed by atoms with Gasteiger partial charge in [-0.15, -0.1) is 0 Å². The molecule has 0 radical (unpaired) electrons. The van der Waals surface area contributed by atoms with Crippen molar-refractivity contribution in [1.29, 1.82) is 0 Å². The van der Waals surface area contributed by atoms with E-state index >= 15 is 0 Å². The van der Waals surface area contributed by atoms with Crippen LogP contribution < -0.4 is 5.32 Å².